The molecule has 1 aromatic rings. The number of ether oxygens (including phenoxy) is 3. The zero-order chi connectivity index (χ0) is 16.8. The van der Waals surface area contributed by atoms with Gasteiger partial charge >= 0.3 is 0 Å². The topological polar surface area (TPSA) is 48.0 Å². The number of nitrogens with zero attached hydrogens (tertiary/aromatic N) is 1. The van der Waals surface area contributed by atoms with Gasteiger partial charge in [0.05, 0.1) is 25.9 Å². The number of morpholine rings is 1. The summed E-state index contributed by atoms with van der Waals surface area (Å²) >= 11 is 0. The Kier molecular flexibility index (Phi) is 6.04. The van der Waals surface area contributed by atoms with Gasteiger partial charge in [0.15, 0.2) is 18.1 Å². The maximum Gasteiger partial charge on any atom is 0.260 e. The fourth-order valence-corrected chi connectivity index (χ4v) is 2.57. The molecule has 0 N–H and O–H groups in total. The summed E-state index contributed by atoms with van der Waals surface area (Å²) in [6, 6.07) is 5.72. The lowest BCUT2D eigenvalue weighted by atomic mass is 10.2. The van der Waals surface area contributed by atoms with Crippen LogP contribution in [-0.4, -0.2) is 49.8 Å². The largest absolute Gasteiger partial charge is 0.493 e. The van der Waals surface area contributed by atoms with E-state index in [2.05, 4.69) is 0 Å². The first kappa shape index (κ1) is 17.3. The number of carbonyl (C=O) groups excluding carboxylic acids is 1. The summed E-state index contributed by atoms with van der Waals surface area (Å²) in [5.41, 5.74) is 1.03. The highest BCUT2D eigenvalue weighted by molar-refractivity contribution is 5.78. The van der Waals surface area contributed by atoms with Gasteiger partial charge in [-0.3, -0.25) is 4.79 Å². The van der Waals surface area contributed by atoms with Crippen LogP contribution in [-0.2, 0) is 9.53 Å². The van der Waals surface area contributed by atoms with Gasteiger partial charge in [0.1, 0.15) is 0 Å². The fraction of sp³-hybridized carbons (Fsp3) is 0.500. The Labute approximate surface area is 137 Å². The molecule has 23 heavy (non-hydrogen) atoms. The van der Waals surface area contributed by atoms with E-state index in [1.165, 1.54) is 0 Å². The van der Waals surface area contributed by atoms with Crippen LogP contribution >= 0.6 is 0 Å². The lowest BCUT2D eigenvalue weighted by Crippen LogP contribution is -2.51. The molecule has 126 valence electrons. The standard InChI is InChI=1S/C18H25NO4/c1-5-6-15-7-8-16(17(9-15)21-4)23-12-18(20)19-10-14(3)22-11-13(19)2/h5-9,13-14H,10-12H2,1-4H3/b6-5+. The van der Waals surface area contributed by atoms with E-state index in [0.29, 0.717) is 24.7 Å². The van der Waals surface area contributed by atoms with Gasteiger partial charge < -0.3 is 19.1 Å². The molecule has 5 heteroatoms. The molecule has 0 saturated carbocycles. The molecule has 2 rings (SSSR count). The van der Waals surface area contributed by atoms with Crippen molar-refractivity contribution in [2.75, 3.05) is 26.9 Å². The third-order valence-corrected chi connectivity index (χ3v) is 3.83. The molecule has 1 amide bonds. The van der Waals surface area contributed by atoms with E-state index in [4.69, 9.17) is 14.2 Å². The van der Waals surface area contributed by atoms with Crippen LogP contribution in [0.1, 0.15) is 26.3 Å². The summed E-state index contributed by atoms with van der Waals surface area (Å²) in [6.45, 7) is 7.07. The maximum atomic E-state index is 12.4. The van der Waals surface area contributed by atoms with Crippen LogP contribution in [0.4, 0.5) is 0 Å². The molecule has 2 atom stereocenters. The van der Waals surface area contributed by atoms with Crippen molar-refractivity contribution in [3.05, 3.63) is 29.8 Å². The highest BCUT2D eigenvalue weighted by Crippen LogP contribution is 2.28. The maximum absolute atomic E-state index is 12.4. The van der Waals surface area contributed by atoms with Crippen LogP contribution in [0.3, 0.4) is 0 Å². The van der Waals surface area contributed by atoms with Gasteiger partial charge in [0.2, 0.25) is 0 Å². The average Bonchev–Trinajstić information content (AvgIpc) is 2.55. The molecule has 1 aliphatic rings. The molecule has 0 aliphatic carbocycles. The summed E-state index contributed by atoms with van der Waals surface area (Å²) in [7, 11) is 1.59. The minimum absolute atomic E-state index is 0.00359. The van der Waals surface area contributed by atoms with E-state index >= 15 is 0 Å². The third kappa shape index (κ3) is 4.48. The number of carbonyl (C=O) groups is 1. The van der Waals surface area contributed by atoms with E-state index in [9.17, 15) is 4.79 Å². The molecule has 0 bridgehead atoms. The van der Waals surface area contributed by atoms with Crippen LogP contribution in [0, 0.1) is 0 Å². The van der Waals surface area contributed by atoms with Crippen LogP contribution in [0.2, 0.25) is 0 Å². The molecule has 1 heterocycles. The Morgan fingerprint density at radius 2 is 2.17 bits per heavy atom. The Balaban J connectivity index is 2.01. The smallest absolute Gasteiger partial charge is 0.260 e. The second-order valence-electron chi connectivity index (χ2n) is 5.74. The minimum atomic E-state index is -0.0350. The Morgan fingerprint density at radius 1 is 1.39 bits per heavy atom. The van der Waals surface area contributed by atoms with Crippen molar-refractivity contribution in [3.8, 4) is 11.5 Å². The molecule has 0 aromatic heterocycles. The summed E-state index contributed by atoms with van der Waals surface area (Å²) in [5.74, 6) is 1.16. The van der Waals surface area contributed by atoms with E-state index < -0.39 is 0 Å². The van der Waals surface area contributed by atoms with Crippen molar-refractivity contribution in [3.63, 3.8) is 0 Å². The van der Waals surface area contributed by atoms with Gasteiger partial charge in [-0.2, -0.15) is 0 Å². The molecular weight excluding hydrogens is 294 g/mol. The summed E-state index contributed by atoms with van der Waals surface area (Å²) in [4.78, 5) is 14.2. The van der Waals surface area contributed by atoms with Gasteiger partial charge in [-0.05, 0) is 38.5 Å². The number of hydrogen-bond acceptors (Lipinski definition) is 4. The van der Waals surface area contributed by atoms with E-state index in [0.717, 1.165) is 5.56 Å². The van der Waals surface area contributed by atoms with Gasteiger partial charge in [0, 0.05) is 6.54 Å². The molecule has 2 unspecified atom stereocenters. The first-order valence-corrected chi connectivity index (χ1v) is 7.89. The summed E-state index contributed by atoms with van der Waals surface area (Å²) in [6.07, 6.45) is 4.00. The molecular formula is C18H25NO4. The van der Waals surface area contributed by atoms with Crippen LogP contribution in [0.25, 0.3) is 6.08 Å². The zero-order valence-electron chi connectivity index (χ0n) is 14.2. The first-order chi connectivity index (χ1) is 11.0. The fourth-order valence-electron chi connectivity index (χ4n) is 2.57. The lowest BCUT2D eigenvalue weighted by molar-refractivity contribution is -0.145. The predicted octanol–water partition coefficient (Wildman–Crippen LogP) is 2.74. The number of benzene rings is 1. The molecule has 0 spiro atoms. The number of hydrogen-bond donors (Lipinski definition) is 0. The lowest BCUT2D eigenvalue weighted by Gasteiger charge is -2.36. The second kappa shape index (κ2) is 8.02. The van der Waals surface area contributed by atoms with Crippen LogP contribution < -0.4 is 9.47 Å². The van der Waals surface area contributed by atoms with E-state index in [1.54, 1.807) is 7.11 Å². The first-order valence-electron chi connectivity index (χ1n) is 7.89. The summed E-state index contributed by atoms with van der Waals surface area (Å²) < 4.78 is 16.6. The highest BCUT2D eigenvalue weighted by atomic mass is 16.5. The average molecular weight is 319 g/mol. The van der Waals surface area contributed by atoms with Gasteiger partial charge in [-0.1, -0.05) is 18.2 Å². The van der Waals surface area contributed by atoms with Crippen molar-refractivity contribution in [1.82, 2.24) is 4.90 Å². The molecule has 1 aromatic carbocycles. The highest BCUT2D eigenvalue weighted by Gasteiger charge is 2.27. The third-order valence-electron chi connectivity index (χ3n) is 3.83. The van der Waals surface area contributed by atoms with Crippen molar-refractivity contribution >= 4 is 12.0 Å². The monoisotopic (exact) mass is 319 g/mol. The molecule has 1 aliphatic heterocycles. The number of methoxy groups -OCH3 is 1. The van der Waals surface area contributed by atoms with E-state index in [1.807, 2.05) is 56.0 Å². The van der Waals surface area contributed by atoms with E-state index in [-0.39, 0.29) is 24.7 Å². The normalized spacial score (nSPS) is 21.5. The Morgan fingerprint density at radius 3 is 2.87 bits per heavy atom. The van der Waals surface area contributed by atoms with Crippen molar-refractivity contribution in [2.24, 2.45) is 0 Å². The Bertz CT molecular complexity index is 570. The van der Waals surface area contributed by atoms with Crippen molar-refractivity contribution in [2.45, 2.75) is 32.9 Å². The SMILES string of the molecule is C/C=C/c1ccc(OCC(=O)N2CC(C)OCC2C)c(OC)c1. The molecule has 1 fully saturated rings. The molecule has 0 radical (unpaired) electrons. The minimum Gasteiger partial charge on any atom is -0.493 e. The van der Waals surface area contributed by atoms with Crippen molar-refractivity contribution < 1.29 is 19.0 Å². The second-order valence-corrected chi connectivity index (χ2v) is 5.74. The molecule has 1 saturated heterocycles. The number of amides is 1. The van der Waals surface area contributed by atoms with Gasteiger partial charge in [-0.15, -0.1) is 0 Å². The molecule has 5 nitrogen and oxygen atoms in total. The van der Waals surface area contributed by atoms with Gasteiger partial charge in [0.25, 0.3) is 5.91 Å². The predicted molar refractivity (Wildman–Crippen MR) is 89.8 cm³/mol. The van der Waals surface area contributed by atoms with Crippen molar-refractivity contribution in [1.29, 1.82) is 0 Å². The number of rotatable bonds is 5. The number of allylic oxidation sites excluding steroid dienone is 1. The van der Waals surface area contributed by atoms with Crippen LogP contribution in [0.15, 0.2) is 24.3 Å². The quantitative estimate of drug-likeness (QED) is 0.837. The van der Waals surface area contributed by atoms with Gasteiger partial charge in [-0.25, -0.2) is 0 Å². The summed E-state index contributed by atoms with van der Waals surface area (Å²) in [5, 5.41) is 0. The Hall–Kier alpha value is -2.01. The van der Waals surface area contributed by atoms with Crippen LogP contribution in [0.5, 0.6) is 11.5 Å². The zero-order valence-corrected chi connectivity index (χ0v) is 14.2.